The second kappa shape index (κ2) is 5.91. The van der Waals surface area contributed by atoms with Crippen LogP contribution in [0, 0.1) is 0 Å². The van der Waals surface area contributed by atoms with E-state index in [0.29, 0.717) is 0 Å². The zero-order valence-corrected chi connectivity index (χ0v) is 9.36. The molecule has 0 saturated carbocycles. The minimum Gasteiger partial charge on any atom is -0.466 e. The number of carbonyl (C=O) groups excluding carboxylic acids is 1. The first-order valence-corrected chi connectivity index (χ1v) is 4.83. The summed E-state index contributed by atoms with van der Waals surface area (Å²) in [4.78, 5) is 10.3. The van der Waals surface area contributed by atoms with E-state index in [9.17, 15) is 9.90 Å². The number of halogens is 3. The fourth-order valence-corrected chi connectivity index (χ4v) is 1.24. The van der Waals surface area contributed by atoms with Crippen LogP contribution in [0.5, 0.6) is 0 Å². The molecule has 0 amide bonds. The van der Waals surface area contributed by atoms with Crippen LogP contribution < -0.4 is 0 Å². The molecule has 0 aliphatic rings. The van der Waals surface area contributed by atoms with Crippen LogP contribution in [0.25, 0.3) is 0 Å². The molecule has 0 aromatic heterocycles. The van der Waals surface area contributed by atoms with Gasteiger partial charge in [0.2, 0.25) is 0 Å². The molecule has 0 spiro atoms. The molecule has 0 aromatic rings. The lowest BCUT2D eigenvalue weighted by molar-refractivity contribution is -0.141. The van der Waals surface area contributed by atoms with Crippen molar-refractivity contribution in [3.63, 3.8) is 0 Å². The van der Waals surface area contributed by atoms with E-state index < -0.39 is 9.90 Å². The van der Waals surface area contributed by atoms with Gasteiger partial charge in [-0.05, 0) is 0 Å². The molecule has 1 atom stereocenters. The van der Waals surface area contributed by atoms with Crippen molar-refractivity contribution in [2.75, 3.05) is 6.61 Å². The molecule has 78 valence electrons. The minimum atomic E-state index is -1.46. The highest BCUT2D eigenvalue weighted by Crippen LogP contribution is 2.31. The van der Waals surface area contributed by atoms with E-state index >= 15 is 0 Å². The van der Waals surface area contributed by atoms with Crippen LogP contribution in [0.15, 0.2) is 0 Å². The van der Waals surface area contributed by atoms with E-state index in [1.807, 2.05) is 0 Å². The van der Waals surface area contributed by atoms with Crippen LogP contribution in [0.1, 0.15) is 19.8 Å². The Balaban J connectivity index is 3.52. The quantitative estimate of drug-likeness (QED) is 0.613. The zero-order valence-electron chi connectivity index (χ0n) is 7.10. The highest BCUT2D eigenvalue weighted by molar-refractivity contribution is 6.67. The molecule has 0 radical (unpaired) electrons. The smallest absolute Gasteiger partial charge is 0.302 e. The number of hydrogen-bond donors (Lipinski definition) is 1. The number of hydrogen-bond acceptors (Lipinski definition) is 3. The molecule has 0 rings (SSSR count). The molecular weight excluding hydrogens is 238 g/mol. The topological polar surface area (TPSA) is 46.5 Å². The van der Waals surface area contributed by atoms with E-state index in [1.54, 1.807) is 0 Å². The molecule has 0 aromatic carbocycles. The Morgan fingerprint density at radius 1 is 1.54 bits per heavy atom. The predicted molar refractivity (Wildman–Crippen MR) is 52.2 cm³/mol. The molecule has 0 fully saturated rings. The Labute approximate surface area is 91.9 Å². The van der Waals surface area contributed by atoms with Gasteiger partial charge < -0.3 is 9.84 Å². The third-order valence-electron chi connectivity index (χ3n) is 1.22. The largest absolute Gasteiger partial charge is 0.466 e. The number of esters is 1. The predicted octanol–water partition coefficient (Wildman–Crippen LogP) is 2.06. The van der Waals surface area contributed by atoms with Crippen LogP contribution in [-0.2, 0) is 9.53 Å². The van der Waals surface area contributed by atoms with Crippen LogP contribution in [0.2, 0.25) is 0 Å². The monoisotopic (exact) mass is 248 g/mol. The third-order valence-corrected chi connectivity index (χ3v) is 1.69. The van der Waals surface area contributed by atoms with E-state index in [4.69, 9.17) is 34.8 Å². The molecule has 1 unspecified atom stereocenters. The van der Waals surface area contributed by atoms with Gasteiger partial charge in [0.1, 0.15) is 0 Å². The zero-order chi connectivity index (χ0) is 10.5. The van der Waals surface area contributed by atoms with Crippen molar-refractivity contribution >= 4 is 40.8 Å². The second-order valence-corrected chi connectivity index (χ2v) is 5.12. The Morgan fingerprint density at radius 3 is 2.46 bits per heavy atom. The summed E-state index contributed by atoms with van der Waals surface area (Å²) < 4.78 is 3.14. The van der Waals surface area contributed by atoms with Gasteiger partial charge in [0.25, 0.3) is 0 Å². The van der Waals surface area contributed by atoms with Gasteiger partial charge in [0.05, 0.1) is 12.7 Å². The van der Waals surface area contributed by atoms with Gasteiger partial charge in [0.15, 0.2) is 3.79 Å². The van der Waals surface area contributed by atoms with E-state index in [2.05, 4.69) is 4.74 Å². The summed E-state index contributed by atoms with van der Waals surface area (Å²) in [6.45, 7) is 1.43. The molecule has 1 N–H and O–H groups in total. The molecule has 6 heteroatoms. The van der Waals surface area contributed by atoms with Gasteiger partial charge in [0, 0.05) is 19.8 Å². The molecule has 0 bridgehead atoms. The molecule has 0 aliphatic heterocycles. The maximum Gasteiger partial charge on any atom is 0.302 e. The average molecular weight is 250 g/mol. The lowest BCUT2D eigenvalue weighted by Gasteiger charge is -2.15. The first kappa shape index (κ1) is 13.3. The lowest BCUT2D eigenvalue weighted by Crippen LogP contribution is -2.18. The van der Waals surface area contributed by atoms with Crippen molar-refractivity contribution in [2.24, 2.45) is 0 Å². The lowest BCUT2D eigenvalue weighted by atomic mass is 10.2. The highest BCUT2D eigenvalue weighted by Gasteiger charge is 2.24. The maximum atomic E-state index is 10.3. The summed E-state index contributed by atoms with van der Waals surface area (Å²) in [5, 5.41) is 9.25. The number of carbonyl (C=O) groups is 1. The average Bonchev–Trinajstić information content (AvgIpc) is 1.81. The Morgan fingerprint density at radius 2 is 2.08 bits per heavy atom. The summed E-state index contributed by atoms with van der Waals surface area (Å²) in [6, 6.07) is 0. The molecule has 3 nitrogen and oxygen atoms in total. The van der Waals surface area contributed by atoms with Gasteiger partial charge in [-0.25, -0.2) is 0 Å². The van der Waals surface area contributed by atoms with Crippen molar-refractivity contribution in [3.8, 4) is 0 Å². The maximum absolute atomic E-state index is 10.3. The summed E-state index contributed by atoms with van der Waals surface area (Å²) >= 11 is 16.3. The number of rotatable bonds is 4. The number of alkyl halides is 3. The summed E-state index contributed by atoms with van der Waals surface area (Å²) in [5.74, 6) is -0.388. The van der Waals surface area contributed by atoms with E-state index in [-0.39, 0.29) is 25.4 Å². The molecular formula is C7H11Cl3O3. The number of aliphatic hydroxyl groups is 1. The fourth-order valence-electron chi connectivity index (χ4n) is 0.708. The van der Waals surface area contributed by atoms with Crippen LogP contribution in [0.3, 0.4) is 0 Å². The van der Waals surface area contributed by atoms with Gasteiger partial charge in [-0.2, -0.15) is 0 Å². The number of ether oxygens (including phenoxy) is 1. The van der Waals surface area contributed by atoms with Crippen LogP contribution in [-0.4, -0.2) is 27.6 Å². The van der Waals surface area contributed by atoms with E-state index in [0.717, 1.165) is 0 Å². The second-order valence-electron chi connectivity index (χ2n) is 2.60. The molecule has 13 heavy (non-hydrogen) atoms. The summed E-state index contributed by atoms with van der Waals surface area (Å²) in [6.07, 6.45) is -0.473. The SMILES string of the molecule is CC(=O)OCCC(O)CC(Cl)(Cl)Cl. The van der Waals surface area contributed by atoms with Crippen molar-refractivity contribution in [2.45, 2.75) is 29.7 Å². The van der Waals surface area contributed by atoms with Crippen LogP contribution in [0.4, 0.5) is 0 Å². The van der Waals surface area contributed by atoms with Crippen LogP contribution >= 0.6 is 34.8 Å². The number of aliphatic hydroxyl groups excluding tert-OH is 1. The van der Waals surface area contributed by atoms with Gasteiger partial charge in [-0.1, -0.05) is 34.8 Å². The van der Waals surface area contributed by atoms with Gasteiger partial charge in [-0.15, -0.1) is 0 Å². The Kier molecular flexibility index (Phi) is 6.05. The standard InChI is InChI=1S/C7H11Cl3O3/c1-5(11)13-3-2-6(12)4-7(8,9)10/h6,12H,2-4H2,1H3. The molecule has 0 heterocycles. The Bertz CT molecular complexity index is 167. The highest BCUT2D eigenvalue weighted by atomic mass is 35.6. The normalized spacial score (nSPS) is 13.9. The van der Waals surface area contributed by atoms with Crippen molar-refractivity contribution in [1.82, 2.24) is 0 Å². The first-order valence-electron chi connectivity index (χ1n) is 3.69. The Hall–Kier alpha value is 0.300. The van der Waals surface area contributed by atoms with Crippen molar-refractivity contribution < 1.29 is 14.6 Å². The summed E-state index contributed by atoms with van der Waals surface area (Å²) in [5.41, 5.74) is 0. The summed E-state index contributed by atoms with van der Waals surface area (Å²) in [7, 11) is 0. The minimum absolute atomic E-state index is 0.0267. The van der Waals surface area contributed by atoms with Crippen molar-refractivity contribution in [3.05, 3.63) is 0 Å². The third kappa shape index (κ3) is 10.2. The van der Waals surface area contributed by atoms with Gasteiger partial charge >= 0.3 is 5.97 Å². The van der Waals surface area contributed by atoms with Gasteiger partial charge in [-0.3, -0.25) is 4.79 Å². The molecule has 0 aliphatic carbocycles. The molecule has 0 saturated heterocycles. The first-order chi connectivity index (χ1) is 5.81. The van der Waals surface area contributed by atoms with E-state index in [1.165, 1.54) is 6.92 Å². The fraction of sp³-hybridized carbons (Fsp3) is 0.857. The van der Waals surface area contributed by atoms with Crippen molar-refractivity contribution in [1.29, 1.82) is 0 Å².